The molecule has 0 bridgehead atoms. The van der Waals surface area contributed by atoms with Crippen LogP contribution in [-0.4, -0.2) is 24.9 Å². The summed E-state index contributed by atoms with van der Waals surface area (Å²) in [6.45, 7) is 0. The molecule has 1 aromatic heterocycles. The van der Waals surface area contributed by atoms with Gasteiger partial charge in [-0.3, -0.25) is 10.1 Å². The van der Waals surface area contributed by atoms with Crippen molar-refractivity contribution >= 4 is 56.5 Å². The Hall–Kier alpha value is -1.94. The minimum atomic E-state index is -0.434. The van der Waals surface area contributed by atoms with Crippen LogP contribution in [0.2, 0.25) is 0 Å². The Kier molecular flexibility index (Phi) is 5.14. The fourth-order valence-corrected chi connectivity index (χ4v) is 3.04. The summed E-state index contributed by atoms with van der Waals surface area (Å²) < 4.78 is 2.73. The van der Waals surface area contributed by atoms with E-state index < -0.39 is 4.92 Å². The number of hydrogen-bond donors (Lipinski definition) is 0. The first-order valence-corrected chi connectivity index (χ1v) is 8.81. The molecular weight excluding hydrogens is 439 g/mol. The Morgan fingerprint density at radius 1 is 1.25 bits per heavy atom. The maximum Gasteiger partial charge on any atom is 0.271 e. The van der Waals surface area contributed by atoms with E-state index in [1.165, 1.54) is 25.9 Å². The van der Waals surface area contributed by atoms with Crippen LogP contribution in [0.5, 0.6) is 0 Å². The van der Waals surface area contributed by atoms with Gasteiger partial charge < -0.3 is 0 Å². The van der Waals surface area contributed by atoms with Gasteiger partial charge in [0.2, 0.25) is 0 Å². The van der Waals surface area contributed by atoms with E-state index in [1.54, 1.807) is 6.07 Å². The highest BCUT2D eigenvalue weighted by Crippen LogP contribution is 2.20. The molecule has 0 radical (unpaired) electrons. The molecule has 0 unspecified atom stereocenters. The molecule has 1 heterocycles. The molecule has 0 saturated heterocycles. The van der Waals surface area contributed by atoms with Crippen LogP contribution in [0, 0.1) is 13.7 Å². The van der Waals surface area contributed by atoms with E-state index in [-0.39, 0.29) is 5.69 Å². The average molecular weight is 452 g/mol. The zero-order valence-electron chi connectivity index (χ0n) is 12.6. The summed E-state index contributed by atoms with van der Waals surface area (Å²) in [6.07, 6.45) is 2.47. The lowest BCUT2D eigenvalue weighted by molar-refractivity contribution is -0.384. The lowest BCUT2D eigenvalue weighted by Gasteiger charge is -2.05. The monoisotopic (exact) mass is 452 g/mol. The van der Waals surface area contributed by atoms with Gasteiger partial charge in [0.1, 0.15) is 16.0 Å². The second-order valence-electron chi connectivity index (χ2n) is 5.31. The first-order valence-electron chi connectivity index (χ1n) is 7.32. The minimum Gasteiger partial charge on any atom is -0.258 e. The van der Waals surface area contributed by atoms with E-state index in [0.717, 1.165) is 12.8 Å². The van der Waals surface area contributed by atoms with Gasteiger partial charge in [0, 0.05) is 22.1 Å². The largest absolute Gasteiger partial charge is 0.271 e. The van der Waals surface area contributed by atoms with E-state index in [4.69, 9.17) is 12.2 Å². The molecule has 3 aromatic rings. The second kappa shape index (κ2) is 7.31. The molecule has 6 nitrogen and oxygen atoms in total. The Morgan fingerprint density at radius 3 is 2.71 bits per heavy atom. The number of nitro benzene ring substituents is 1. The van der Waals surface area contributed by atoms with Gasteiger partial charge in [0.05, 0.1) is 4.92 Å². The molecule has 8 heteroatoms. The van der Waals surface area contributed by atoms with Crippen LogP contribution in [0.4, 0.5) is 5.69 Å². The van der Waals surface area contributed by atoms with Gasteiger partial charge in [-0.1, -0.05) is 29.6 Å². The van der Waals surface area contributed by atoms with Crippen LogP contribution < -0.4 is 0 Å². The van der Waals surface area contributed by atoms with E-state index in [0.29, 0.717) is 22.4 Å². The number of non-ortho nitro benzene ring substituents is 1. The van der Waals surface area contributed by atoms with Gasteiger partial charge in [-0.05, 0) is 59.2 Å². The number of aromatic nitrogens is 3. The molecule has 0 saturated carbocycles. The Balaban J connectivity index is 1.70. The van der Waals surface area contributed by atoms with E-state index in [2.05, 4.69) is 57.2 Å². The first kappa shape index (κ1) is 16.9. The molecule has 0 aliphatic carbocycles. The molecular formula is C16H13IN4O2S. The van der Waals surface area contributed by atoms with Gasteiger partial charge in [-0.15, -0.1) is 5.10 Å². The Bertz CT molecular complexity index is 908. The molecule has 0 spiro atoms. The highest BCUT2D eigenvalue weighted by Gasteiger charge is 2.13. The van der Waals surface area contributed by atoms with Crippen LogP contribution in [0.25, 0.3) is 11.0 Å². The number of aryl methyl sites for hydroxylation is 1. The fourth-order valence-electron chi connectivity index (χ4n) is 2.41. The first-order chi connectivity index (χ1) is 11.5. The Labute approximate surface area is 157 Å². The summed E-state index contributed by atoms with van der Waals surface area (Å²) in [5.74, 6) is 0. The lowest BCUT2D eigenvalue weighted by atomic mass is 10.1. The number of rotatable bonds is 5. The van der Waals surface area contributed by atoms with E-state index >= 15 is 0 Å². The summed E-state index contributed by atoms with van der Waals surface area (Å²) in [5, 5.41) is 19.0. The highest BCUT2D eigenvalue weighted by molar-refractivity contribution is 14.1. The quantitative estimate of drug-likeness (QED) is 0.252. The molecule has 24 heavy (non-hydrogen) atoms. The number of hydrogen-bond acceptors (Lipinski definition) is 5. The maximum absolute atomic E-state index is 10.9. The van der Waals surface area contributed by atoms with Gasteiger partial charge in [0.25, 0.3) is 5.69 Å². The van der Waals surface area contributed by atoms with Crippen LogP contribution in [-0.2, 0) is 6.42 Å². The summed E-state index contributed by atoms with van der Waals surface area (Å²) in [4.78, 5) is 11.1. The van der Waals surface area contributed by atoms with Crippen LogP contribution in [0.1, 0.15) is 18.4 Å². The summed E-state index contributed by atoms with van der Waals surface area (Å²) in [6, 6.07) is 12.8. The number of nitrogens with zero attached hydrogens (tertiary/aromatic N) is 4. The molecule has 0 amide bonds. The lowest BCUT2D eigenvalue weighted by Crippen LogP contribution is -2.11. The minimum absolute atomic E-state index is 0.00717. The van der Waals surface area contributed by atoms with Crippen molar-refractivity contribution in [1.29, 1.82) is 0 Å². The van der Waals surface area contributed by atoms with Crippen LogP contribution in [0.3, 0.4) is 0 Å². The second-order valence-corrected chi connectivity index (χ2v) is 7.02. The molecule has 2 aromatic carbocycles. The third-order valence-electron chi connectivity index (χ3n) is 3.65. The molecule has 3 rings (SSSR count). The van der Waals surface area contributed by atoms with Crippen molar-refractivity contribution in [3.8, 4) is 0 Å². The predicted molar refractivity (Wildman–Crippen MR) is 104 cm³/mol. The molecule has 0 fully saturated rings. The SMILES string of the molecule is O=[N+]([O-])c1ccc2nnn(C(=S)CCCc3ccc(I)cc3)c2c1. The predicted octanol–water partition coefficient (Wildman–Crippen LogP) is 4.14. The van der Waals surface area contributed by atoms with Gasteiger partial charge in [-0.2, -0.15) is 0 Å². The number of halogens is 1. The van der Waals surface area contributed by atoms with Crippen molar-refractivity contribution in [2.45, 2.75) is 19.3 Å². The van der Waals surface area contributed by atoms with Crippen molar-refractivity contribution in [2.24, 2.45) is 0 Å². The van der Waals surface area contributed by atoms with Crippen molar-refractivity contribution in [3.05, 3.63) is 61.7 Å². The summed E-state index contributed by atoms with van der Waals surface area (Å²) in [5.41, 5.74) is 2.44. The molecule has 0 aliphatic rings. The maximum atomic E-state index is 10.9. The smallest absolute Gasteiger partial charge is 0.258 e. The van der Waals surface area contributed by atoms with Crippen molar-refractivity contribution in [1.82, 2.24) is 15.0 Å². The molecule has 0 N–H and O–H groups in total. The third-order valence-corrected chi connectivity index (χ3v) is 4.74. The number of fused-ring (bicyclic) bond motifs is 1. The highest BCUT2D eigenvalue weighted by atomic mass is 127. The zero-order valence-corrected chi connectivity index (χ0v) is 15.5. The number of thiocarbonyl (C=S) groups is 1. The zero-order chi connectivity index (χ0) is 17.1. The van der Waals surface area contributed by atoms with Crippen LogP contribution >= 0.6 is 34.8 Å². The standard InChI is InChI=1S/C16H13IN4O2S/c17-12-6-4-11(5-7-12)2-1-3-16(24)20-15-10-13(21(22)23)8-9-14(15)18-19-20/h4-10H,1-3H2. The fraction of sp³-hybridized carbons (Fsp3) is 0.188. The van der Waals surface area contributed by atoms with Gasteiger partial charge in [0.15, 0.2) is 0 Å². The van der Waals surface area contributed by atoms with Crippen molar-refractivity contribution in [2.75, 3.05) is 0 Å². The molecule has 0 aliphatic heterocycles. The van der Waals surface area contributed by atoms with Crippen LogP contribution in [0.15, 0.2) is 42.5 Å². The van der Waals surface area contributed by atoms with E-state index in [9.17, 15) is 10.1 Å². The third kappa shape index (κ3) is 3.75. The number of benzene rings is 2. The normalized spacial score (nSPS) is 10.9. The van der Waals surface area contributed by atoms with Gasteiger partial charge in [-0.25, -0.2) is 4.68 Å². The van der Waals surface area contributed by atoms with Gasteiger partial charge >= 0.3 is 0 Å². The number of nitro groups is 1. The van der Waals surface area contributed by atoms with Crippen molar-refractivity contribution < 1.29 is 4.92 Å². The summed E-state index contributed by atoms with van der Waals surface area (Å²) >= 11 is 7.72. The Morgan fingerprint density at radius 2 is 2.00 bits per heavy atom. The average Bonchev–Trinajstić information content (AvgIpc) is 2.99. The van der Waals surface area contributed by atoms with E-state index in [1.807, 2.05) is 0 Å². The molecule has 0 atom stereocenters. The topological polar surface area (TPSA) is 73.8 Å². The molecule has 122 valence electrons. The van der Waals surface area contributed by atoms with Crippen molar-refractivity contribution in [3.63, 3.8) is 0 Å². The summed E-state index contributed by atoms with van der Waals surface area (Å²) in [7, 11) is 0.